The third kappa shape index (κ3) is 4.21. The maximum atomic E-state index is 11.3. The van der Waals surface area contributed by atoms with Crippen molar-refractivity contribution in [3.05, 3.63) is 63.4 Å². The van der Waals surface area contributed by atoms with Crippen LogP contribution in [0.4, 0.5) is 5.82 Å². The summed E-state index contributed by atoms with van der Waals surface area (Å²) in [5.41, 5.74) is 3.07. The quantitative estimate of drug-likeness (QED) is 0.705. The van der Waals surface area contributed by atoms with Gasteiger partial charge in [-0.15, -0.1) is 0 Å². The number of halogens is 1. The van der Waals surface area contributed by atoms with Gasteiger partial charge in [-0.3, -0.25) is 4.79 Å². The smallest absolute Gasteiger partial charge is 0.309 e. The molecule has 2 aromatic rings. The summed E-state index contributed by atoms with van der Waals surface area (Å²) in [7, 11) is 0. The molecule has 1 aromatic heterocycles. The highest BCUT2D eigenvalue weighted by Gasteiger charge is 2.28. The molecule has 0 radical (unpaired) electrons. The molecule has 0 spiro atoms. The molecule has 1 atom stereocenters. The van der Waals surface area contributed by atoms with Crippen molar-refractivity contribution in [2.45, 2.75) is 39.5 Å². The second-order valence-electron chi connectivity index (χ2n) is 6.25. The van der Waals surface area contributed by atoms with Gasteiger partial charge in [0.25, 0.3) is 6.29 Å². The fourth-order valence-electron chi connectivity index (χ4n) is 3.03. The Morgan fingerprint density at radius 1 is 1.30 bits per heavy atom. The Morgan fingerprint density at radius 3 is 2.67 bits per heavy atom. The zero-order chi connectivity index (χ0) is 19.6. The number of nitrogens with zero attached hydrogens (tertiary/aromatic N) is 2. The molecule has 2 heterocycles. The van der Waals surface area contributed by atoms with Crippen molar-refractivity contribution in [1.29, 1.82) is 0 Å². The van der Waals surface area contributed by atoms with E-state index in [9.17, 15) is 9.90 Å². The highest BCUT2D eigenvalue weighted by atomic mass is 79.9. The van der Waals surface area contributed by atoms with Crippen molar-refractivity contribution in [3.8, 4) is 0 Å². The fraction of sp³-hybridized carbons (Fsp3) is 0.316. The van der Waals surface area contributed by atoms with E-state index in [1.165, 1.54) is 12.5 Å². The van der Waals surface area contributed by atoms with Crippen LogP contribution in [0.1, 0.15) is 47.5 Å². The summed E-state index contributed by atoms with van der Waals surface area (Å²) in [6, 6.07) is 5.92. The highest BCUT2D eigenvalue weighted by molar-refractivity contribution is 9.10. The van der Waals surface area contributed by atoms with E-state index in [1.807, 2.05) is 32.0 Å². The third-order valence-corrected chi connectivity index (χ3v) is 5.14. The molecule has 142 valence electrons. The van der Waals surface area contributed by atoms with Gasteiger partial charge in [-0.2, -0.15) is 0 Å². The van der Waals surface area contributed by atoms with Crippen molar-refractivity contribution in [2.24, 2.45) is 0 Å². The number of carbonyl (C=O) groups is 1. The summed E-state index contributed by atoms with van der Waals surface area (Å²) in [5.74, 6) is -0.0110. The van der Waals surface area contributed by atoms with Crippen LogP contribution in [0.2, 0.25) is 0 Å². The van der Waals surface area contributed by atoms with Gasteiger partial charge in [0.2, 0.25) is 0 Å². The molecule has 0 saturated heterocycles. The molecular formula is C19H20BrN3O4. The van der Waals surface area contributed by atoms with E-state index < -0.39 is 12.3 Å². The number of aryl methyl sites for hydroxylation is 1. The van der Waals surface area contributed by atoms with Crippen molar-refractivity contribution < 1.29 is 19.4 Å². The number of aromatic nitrogens is 2. The topological polar surface area (TPSA) is 93.6 Å². The van der Waals surface area contributed by atoms with Crippen molar-refractivity contribution >= 4 is 27.7 Å². The molecule has 7 nitrogen and oxygen atoms in total. The molecule has 0 fully saturated rings. The van der Waals surface area contributed by atoms with Crippen LogP contribution >= 0.6 is 15.9 Å². The number of ether oxygens (including phenoxy) is 2. The predicted molar refractivity (Wildman–Crippen MR) is 103 cm³/mol. The number of carboxylic acid groups (broad SMARTS) is 1. The number of rotatable bonds is 6. The monoisotopic (exact) mass is 433 g/mol. The predicted octanol–water partition coefficient (Wildman–Crippen LogP) is 4.17. The average molecular weight is 434 g/mol. The largest absolute Gasteiger partial charge is 0.481 e. The van der Waals surface area contributed by atoms with E-state index in [2.05, 4.69) is 31.2 Å². The number of hydrogen-bond acceptors (Lipinski definition) is 6. The molecule has 0 bridgehead atoms. The molecule has 0 amide bonds. The number of benzene rings is 1. The molecule has 1 aromatic carbocycles. The lowest BCUT2D eigenvalue weighted by Gasteiger charge is -2.23. The van der Waals surface area contributed by atoms with Gasteiger partial charge >= 0.3 is 5.97 Å². The van der Waals surface area contributed by atoms with Crippen LogP contribution in [-0.2, 0) is 20.7 Å². The third-order valence-electron chi connectivity index (χ3n) is 4.28. The maximum Gasteiger partial charge on any atom is 0.309 e. The molecule has 8 heteroatoms. The minimum atomic E-state index is -0.984. The Hall–Kier alpha value is -2.61. The van der Waals surface area contributed by atoms with Crippen LogP contribution in [-0.4, -0.2) is 21.0 Å². The van der Waals surface area contributed by atoms with E-state index in [-0.39, 0.29) is 12.5 Å². The van der Waals surface area contributed by atoms with Gasteiger partial charge in [0.15, 0.2) is 0 Å². The normalized spacial score (nSPS) is 14.5. The van der Waals surface area contributed by atoms with E-state index in [0.29, 0.717) is 22.9 Å². The SMILES string of the molecule is Cc1nc(CC(=O)O)c(C2OC=CO2)c(N[C@H](C)c2cccc(Br)c2C)n1. The van der Waals surface area contributed by atoms with E-state index in [4.69, 9.17) is 9.47 Å². The number of hydrogen-bond donors (Lipinski definition) is 2. The molecule has 0 aliphatic carbocycles. The molecule has 27 heavy (non-hydrogen) atoms. The lowest BCUT2D eigenvalue weighted by atomic mass is 10.0. The number of anilines is 1. The molecule has 3 rings (SSSR count). The summed E-state index contributed by atoms with van der Waals surface area (Å²) in [5, 5.41) is 12.6. The van der Waals surface area contributed by atoms with Crippen LogP contribution in [0, 0.1) is 13.8 Å². The van der Waals surface area contributed by atoms with Crippen LogP contribution in [0.25, 0.3) is 0 Å². The van der Waals surface area contributed by atoms with Gasteiger partial charge in [0, 0.05) is 4.47 Å². The number of carboxylic acids is 1. The van der Waals surface area contributed by atoms with Crippen LogP contribution < -0.4 is 5.32 Å². The fourth-order valence-corrected chi connectivity index (χ4v) is 3.41. The minimum Gasteiger partial charge on any atom is -0.481 e. The summed E-state index contributed by atoms with van der Waals surface area (Å²) < 4.78 is 11.9. The Labute approximate surface area is 165 Å². The first-order valence-electron chi connectivity index (χ1n) is 8.43. The second kappa shape index (κ2) is 7.96. The second-order valence-corrected chi connectivity index (χ2v) is 7.10. The van der Waals surface area contributed by atoms with Gasteiger partial charge in [-0.1, -0.05) is 28.1 Å². The molecular weight excluding hydrogens is 414 g/mol. The highest BCUT2D eigenvalue weighted by Crippen LogP contribution is 2.34. The van der Waals surface area contributed by atoms with E-state index in [0.717, 1.165) is 15.6 Å². The Bertz CT molecular complexity index is 893. The number of aliphatic carboxylic acids is 1. The summed E-state index contributed by atoms with van der Waals surface area (Å²) in [6.45, 7) is 5.78. The standard InChI is InChI=1S/C19H20BrN3O4/c1-10-13(5-4-6-14(10)20)11(2)21-18-17(19-26-7-8-27-19)15(9-16(24)25)22-12(3)23-18/h4-8,11,19H,9H2,1-3H3,(H,24,25)(H,21,22,23)/t11-/m1/s1. The first-order chi connectivity index (χ1) is 12.9. The van der Waals surface area contributed by atoms with E-state index in [1.54, 1.807) is 6.92 Å². The Balaban J connectivity index is 2.01. The van der Waals surface area contributed by atoms with Crippen molar-refractivity contribution in [1.82, 2.24) is 9.97 Å². The zero-order valence-electron chi connectivity index (χ0n) is 15.2. The van der Waals surface area contributed by atoms with Crippen LogP contribution in [0.5, 0.6) is 0 Å². The summed E-state index contributed by atoms with van der Waals surface area (Å²) in [6.07, 6.45) is 1.81. The first kappa shape index (κ1) is 19.2. The molecule has 0 saturated carbocycles. The van der Waals surface area contributed by atoms with Gasteiger partial charge in [0.05, 0.1) is 23.7 Å². The van der Waals surface area contributed by atoms with Crippen LogP contribution in [0.3, 0.4) is 0 Å². The lowest BCUT2D eigenvalue weighted by Crippen LogP contribution is -2.18. The average Bonchev–Trinajstić information content (AvgIpc) is 3.10. The Kier molecular flexibility index (Phi) is 5.65. The van der Waals surface area contributed by atoms with Gasteiger partial charge in [0.1, 0.15) is 24.2 Å². The Morgan fingerprint density at radius 2 is 2.00 bits per heavy atom. The minimum absolute atomic E-state index is 0.0809. The molecule has 1 aliphatic heterocycles. The molecule has 0 unspecified atom stereocenters. The molecule has 1 aliphatic rings. The summed E-state index contributed by atoms with van der Waals surface area (Å²) >= 11 is 3.55. The van der Waals surface area contributed by atoms with Crippen molar-refractivity contribution in [3.63, 3.8) is 0 Å². The summed E-state index contributed by atoms with van der Waals surface area (Å²) in [4.78, 5) is 20.1. The lowest BCUT2D eigenvalue weighted by molar-refractivity contribution is -0.136. The van der Waals surface area contributed by atoms with Gasteiger partial charge in [-0.25, -0.2) is 9.97 Å². The zero-order valence-corrected chi connectivity index (χ0v) is 16.8. The van der Waals surface area contributed by atoms with Crippen LogP contribution in [0.15, 0.2) is 35.2 Å². The van der Waals surface area contributed by atoms with E-state index >= 15 is 0 Å². The first-order valence-corrected chi connectivity index (χ1v) is 9.22. The van der Waals surface area contributed by atoms with Gasteiger partial charge in [-0.05, 0) is 38.0 Å². The van der Waals surface area contributed by atoms with Gasteiger partial charge < -0.3 is 19.9 Å². The van der Waals surface area contributed by atoms with Crippen molar-refractivity contribution in [2.75, 3.05) is 5.32 Å². The number of nitrogens with one attached hydrogen (secondary N) is 1. The maximum absolute atomic E-state index is 11.3. The molecule has 2 N–H and O–H groups in total.